The summed E-state index contributed by atoms with van der Waals surface area (Å²) in [6.45, 7) is 6.30. The number of β-amino-alcohol motifs (C(OH)–C–C–N with tert-alkyl or cyclic N) is 1. The third kappa shape index (κ3) is 4.51. The average molecular weight is 406 g/mol. The van der Waals surface area contributed by atoms with Crippen molar-refractivity contribution < 1.29 is 23.8 Å². The molecule has 9 heteroatoms. The Bertz CT molecular complexity index is 806. The summed E-state index contributed by atoms with van der Waals surface area (Å²) in [4.78, 5) is 30.3. The van der Waals surface area contributed by atoms with Gasteiger partial charge in [-0.1, -0.05) is 6.92 Å². The molecule has 0 aliphatic carbocycles. The number of esters is 1. The van der Waals surface area contributed by atoms with Crippen molar-refractivity contribution >= 4 is 23.3 Å². The quantitative estimate of drug-likeness (QED) is 0.643. The van der Waals surface area contributed by atoms with Crippen LogP contribution in [0.3, 0.4) is 0 Å². The number of aliphatic hydroxyl groups is 1. The van der Waals surface area contributed by atoms with Crippen LogP contribution in [0.5, 0.6) is 0 Å². The highest BCUT2D eigenvalue weighted by Crippen LogP contribution is 2.27. The summed E-state index contributed by atoms with van der Waals surface area (Å²) >= 11 is 0. The van der Waals surface area contributed by atoms with Gasteiger partial charge in [0.15, 0.2) is 0 Å². The minimum Gasteiger partial charge on any atom is -0.466 e. The molecule has 0 aromatic heterocycles. The molecule has 0 spiro atoms. The van der Waals surface area contributed by atoms with Crippen LogP contribution in [0.2, 0.25) is 0 Å². The molecule has 0 radical (unpaired) electrons. The Morgan fingerprint density at radius 3 is 2.59 bits per heavy atom. The molecular formula is C20H27FN4O4. The number of aliphatic hydroxyl groups excluding tert-OH is 1. The fourth-order valence-electron chi connectivity index (χ4n) is 3.64. The Morgan fingerprint density at radius 2 is 2.00 bits per heavy atom. The maximum absolute atomic E-state index is 14.8. The van der Waals surface area contributed by atoms with Crippen LogP contribution in [0.15, 0.2) is 29.5 Å². The average Bonchev–Trinajstić information content (AvgIpc) is 3.03. The minimum atomic E-state index is -0.632. The zero-order valence-corrected chi connectivity index (χ0v) is 16.8. The van der Waals surface area contributed by atoms with E-state index in [1.165, 1.54) is 18.1 Å². The van der Waals surface area contributed by atoms with E-state index >= 15 is 0 Å². The van der Waals surface area contributed by atoms with E-state index in [2.05, 4.69) is 17.1 Å². The van der Waals surface area contributed by atoms with Gasteiger partial charge in [-0.3, -0.25) is 4.79 Å². The normalized spacial score (nSPS) is 17.9. The summed E-state index contributed by atoms with van der Waals surface area (Å²) in [6.07, 6.45) is 0. The van der Waals surface area contributed by atoms with Crippen LogP contribution in [-0.4, -0.2) is 86.3 Å². The van der Waals surface area contributed by atoms with Crippen molar-refractivity contribution in [3.05, 3.63) is 35.3 Å². The molecule has 8 nitrogen and oxygen atoms in total. The Morgan fingerprint density at radius 1 is 1.28 bits per heavy atom. The SMILES string of the molecule is CCN1CCN(c2ccc(NC3=C(C(=O)OC)CN(CCO)C3=O)cc2F)CC1. The number of carbonyl (C=O) groups is 2. The maximum Gasteiger partial charge on any atom is 0.337 e. The summed E-state index contributed by atoms with van der Waals surface area (Å²) < 4.78 is 19.5. The van der Waals surface area contributed by atoms with E-state index < -0.39 is 17.7 Å². The van der Waals surface area contributed by atoms with Gasteiger partial charge in [-0.15, -0.1) is 0 Å². The number of hydrogen-bond donors (Lipinski definition) is 2. The predicted octanol–water partition coefficient (Wildman–Crippen LogP) is 0.641. The van der Waals surface area contributed by atoms with Gasteiger partial charge in [0.1, 0.15) is 11.5 Å². The second kappa shape index (κ2) is 9.23. The smallest absolute Gasteiger partial charge is 0.337 e. The lowest BCUT2D eigenvalue weighted by molar-refractivity contribution is -0.136. The molecule has 0 bridgehead atoms. The van der Waals surface area contributed by atoms with Gasteiger partial charge in [0.05, 0.1) is 31.5 Å². The van der Waals surface area contributed by atoms with Crippen molar-refractivity contribution in [3.63, 3.8) is 0 Å². The lowest BCUT2D eigenvalue weighted by atomic mass is 10.2. The number of halogens is 1. The Labute approximate surface area is 169 Å². The summed E-state index contributed by atoms with van der Waals surface area (Å²) in [5.41, 5.74) is 1.10. The maximum atomic E-state index is 14.8. The molecule has 1 aromatic rings. The molecule has 2 aliphatic heterocycles. The van der Waals surface area contributed by atoms with E-state index in [1.54, 1.807) is 12.1 Å². The lowest BCUT2D eigenvalue weighted by Gasteiger charge is -2.35. The van der Waals surface area contributed by atoms with Gasteiger partial charge in [0, 0.05) is 38.4 Å². The van der Waals surface area contributed by atoms with Crippen LogP contribution in [-0.2, 0) is 14.3 Å². The first-order valence-electron chi connectivity index (χ1n) is 9.74. The van der Waals surface area contributed by atoms with Gasteiger partial charge in [0.25, 0.3) is 5.91 Å². The second-order valence-corrected chi connectivity index (χ2v) is 7.01. The first-order valence-corrected chi connectivity index (χ1v) is 9.74. The lowest BCUT2D eigenvalue weighted by Crippen LogP contribution is -2.46. The number of anilines is 2. The van der Waals surface area contributed by atoms with Crippen LogP contribution < -0.4 is 10.2 Å². The van der Waals surface area contributed by atoms with Crippen molar-refractivity contribution in [1.29, 1.82) is 0 Å². The van der Waals surface area contributed by atoms with Crippen molar-refractivity contribution in [3.8, 4) is 0 Å². The van der Waals surface area contributed by atoms with Crippen LogP contribution in [0.4, 0.5) is 15.8 Å². The van der Waals surface area contributed by atoms with Crippen molar-refractivity contribution in [2.45, 2.75) is 6.92 Å². The van der Waals surface area contributed by atoms with E-state index in [4.69, 9.17) is 9.84 Å². The summed E-state index contributed by atoms with van der Waals surface area (Å²) in [7, 11) is 1.24. The molecule has 0 unspecified atom stereocenters. The van der Waals surface area contributed by atoms with E-state index in [-0.39, 0.29) is 31.0 Å². The van der Waals surface area contributed by atoms with E-state index in [9.17, 15) is 14.0 Å². The van der Waals surface area contributed by atoms with Crippen LogP contribution in [0, 0.1) is 5.82 Å². The van der Waals surface area contributed by atoms with Crippen LogP contribution >= 0.6 is 0 Å². The number of rotatable bonds is 7. The van der Waals surface area contributed by atoms with Crippen molar-refractivity contribution in [2.24, 2.45) is 0 Å². The number of piperazine rings is 1. The highest BCUT2D eigenvalue weighted by atomic mass is 19.1. The fraction of sp³-hybridized carbons (Fsp3) is 0.500. The Kier molecular flexibility index (Phi) is 6.71. The molecule has 2 aliphatic rings. The first kappa shape index (κ1) is 21.1. The molecular weight excluding hydrogens is 379 g/mol. The highest BCUT2D eigenvalue weighted by molar-refractivity contribution is 6.08. The third-order valence-corrected chi connectivity index (χ3v) is 5.33. The van der Waals surface area contributed by atoms with Gasteiger partial charge < -0.3 is 29.9 Å². The molecule has 1 fully saturated rings. The zero-order valence-electron chi connectivity index (χ0n) is 16.8. The number of nitrogens with zero attached hydrogens (tertiary/aromatic N) is 3. The molecule has 29 heavy (non-hydrogen) atoms. The number of nitrogens with one attached hydrogen (secondary N) is 1. The number of likely N-dealkylation sites (N-methyl/N-ethyl adjacent to an activating group) is 1. The topological polar surface area (TPSA) is 85.3 Å². The number of methoxy groups -OCH3 is 1. The Hall–Kier alpha value is -2.65. The molecule has 3 rings (SSSR count). The molecule has 1 amide bonds. The van der Waals surface area contributed by atoms with Gasteiger partial charge >= 0.3 is 5.97 Å². The molecule has 0 saturated carbocycles. The number of amides is 1. The summed E-state index contributed by atoms with van der Waals surface area (Å²) in [5.74, 6) is -1.45. The number of benzene rings is 1. The molecule has 2 N–H and O–H groups in total. The predicted molar refractivity (Wildman–Crippen MR) is 107 cm³/mol. The number of hydrogen-bond acceptors (Lipinski definition) is 7. The standard InChI is InChI=1S/C20H27FN4O4/c1-3-23-6-8-24(9-7-23)17-5-4-14(12-16(17)21)22-18-15(20(28)29-2)13-25(10-11-26)19(18)27/h4-5,12,22,26H,3,6-11,13H2,1-2H3. The monoisotopic (exact) mass is 406 g/mol. The van der Waals surface area contributed by atoms with Crippen LogP contribution in [0.1, 0.15) is 6.92 Å². The zero-order chi connectivity index (χ0) is 21.0. The molecule has 2 heterocycles. The number of ether oxygens (including phenoxy) is 1. The fourth-order valence-corrected chi connectivity index (χ4v) is 3.64. The van der Waals surface area contributed by atoms with Crippen LogP contribution in [0.25, 0.3) is 0 Å². The van der Waals surface area contributed by atoms with Gasteiger partial charge in [-0.05, 0) is 24.7 Å². The van der Waals surface area contributed by atoms with Crippen molar-refractivity contribution in [2.75, 3.05) is 69.7 Å². The Balaban J connectivity index is 1.77. The third-order valence-electron chi connectivity index (χ3n) is 5.33. The van der Waals surface area contributed by atoms with Gasteiger partial charge in [-0.25, -0.2) is 9.18 Å². The number of carbonyl (C=O) groups excluding carboxylic acids is 2. The largest absolute Gasteiger partial charge is 0.466 e. The first-order chi connectivity index (χ1) is 14.0. The molecule has 1 aromatic carbocycles. The second-order valence-electron chi connectivity index (χ2n) is 7.01. The molecule has 1 saturated heterocycles. The molecule has 0 atom stereocenters. The van der Waals surface area contributed by atoms with Gasteiger partial charge in [-0.2, -0.15) is 0 Å². The van der Waals surface area contributed by atoms with Gasteiger partial charge in [0.2, 0.25) is 0 Å². The van der Waals surface area contributed by atoms with Crippen molar-refractivity contribution in [1.82, 2.24) is 9.80 Å². The van der Waals surface area contributed by atoms with E-state index in [1.807, 2.05) is 4.90 Å². The minimum absolute atomic E-state index is 0.0384. The highest BCUT2D eigenvalue weighted by Gasteiger charge is 2.34. The summed E-state index contributed by atoms with van der Waals surface area (Å²) in [5, 5.41) is 12.0. The van der Waals surface area contributed by atoms with E-state index in [0.717, 1.165) is 32.7 Å². The summed E-state index contributed by atoms with van der Waals surface area (Å²) in [6, 6.07) is 4.70. The van der Waals surface area contributed by atoms with E-state index in [0.29, 0.717) is 11.4 Å². The molecule has 158 valence electrons.